The minimum atomic E-state index is -0.775. The summed E-state index contributed by atoms with van der Waals surface area (Å²) >= 11 is 0. The van der Waals surface area contributed by atoms with Gasteiger partial charge in [-0.3, -0.25) is 9.59 Å². The van der Waals surface area contributed by atoms with Crippen LogP contribution in [0.15, 0.2) is 47.3 Å². The van der Waals surface area contributed by atoms with E-state index in [1.807, 2.05) is 0 Å². The molecular weight excluding hydrogens is 374 g/mol. The molecule has 3 rings (SSSR count). The van der Waals surface area contributed by atoms with Crippen molar-refractivity contribution in [2.45, 2.75) is 19.3 Å². The zero-order valence-corrected chi connectivity index (χ0v) is 16.5. The molecule has 2 N–H and O–H groups in total. The Morgan fingerprint density at radius 2 is 1.90 bits per heavy atom. The van der Waals surface area contributed by atoms with Crippen LogP contribution >= 0.6 is 0 Å². The van der Waals surface area contributed by atoms with E-state index >= 15 is 0 Å². The van der Waals surface area contributed by atoms with Crippen molar-refractivity contribution in [3.05, 3.63) is 63.9 Å². The first-order chi connectivity index (χ1) is 14.0. The Labute approximate surface area is 167 Å². The largest absolute Gasteiger partial charge is 0.507 e. The lowest BCUT2D eigenvalue weighted by atomic mass is 9.87. The Morgan fingerprint density at radius 1 is 1.14 bits per heavy atom. The van der Waals surface area contributed by atoms with Crippen LogP contribution in [-0.4, -0.2) is 36.9 Å². The van der Waals surface area contributed by atoms with Gasteiger partial charge >= 0.3 is 5.97 Å². The molecule has 0 spiro atoms. The van der Waals surface area contributed by atoms with Crippen molar-refractivity contribution >= 4 is 16.9 Å². The lowest BCUT2D eigenvalue weighted by Crippen LogP contribution is -2.21. The molecule has 0 fully saturated rings. The number of esters is 1. The zero-order valence-electron chi connectivity index (χ0n) is 16.5. The smallest absolute Gasteiger partial charge is 0.306 e. The molecule has 7 nitrogen and oxygen atoms in total. The lowest BCUT2D eigenvalue weighted by Gasteiger charge is -2.21. The number of carbonyl (C=O) groups excluding carboxylic acids is 1. The Bertz CT molecular complexity index is 1090. The van der Waals surface area contributed by atoms with Gasteiger partial charge in [-0.05, 0) is 25.1 Å². The number of aromatic nitrogens is 1. The minimum Gasteiger partial charge on any atom is -0.507 e. The first-order valence-corrected chi connectivity index (χ1v) is 9.21. The lowest BCUT2D eigenvalue weighted by molar-refractivity contribution is -0.143. The van der Waals surface area contributed by atoms with E-state index in [2.05, 4.69) is 4.98 Å². The third kappa shape index (κ3) is 4.03. The molecule has 0 amide bonds. The first kappa shape index (κ1) is 20.3. The number of nitrogens with one attached hydrogen (secondary N) is 1. The van der Waals surface area contributed by atoms with Gasteiger partial charge in [0.2, 0.25) is 0 Å². The van der Waals surface area contributed by atoms with Gasteiger partial charge in [0.15, 0.2) is 0 Å². The second kappa shape index (κ2) is 8.68. The average Bonchev–Trinajstić information content (AvgIpc) is 2.72. The molecule has 1 aromatic heterocycles. The predicted octanol–water partition coefficient (Wildman–Crippen LogP) is 3.34. The third-order valence-electron chi connectivity index (χ3n) is 4.77. The fourth-order valence-electron chi connectivity index (χ4n) is 3.42. The van der Waals surface area contributed by atoms with Crippen LogP contribution in [0, 0.1) is 0 Å². The average molecular weight is 397 g/mol. The van der Waals surface area contributed by atoms with E-state index in [4.69, 9.17) is 14.2 Å². The second-order valence-corrected chi connectivity index (χ2v) is 6.43. The van der Waals surface area contributed by atoms with Gasteiger partial charge in [-0.15, -0.1) is 0 Å². The summed E-state index contributed by atoms with van der Waals surface area (Å²) in [5.41, 5.74) is 0.682. The fraction of sp³-hybridized carbons (Fsp3) is 0.273. The van der Waals surface area contributed by atoms with Crippen LogP contribution in [0.5, 0.6) is 17.2 Å². The Balaban J connectivity index is 2.24. The summed E-state index contributed by atoms with van der Waals surface area (Å²) in [6.07, 6.45) is -0.133. The van der Waals surface area contributed by atoms with Gasteiger partial charge in [0.1, 0.15) is 17.2 Å². The van der Waals surface area contributed by atoms with Gasteiger partial charge in [-0.25, -0.2) is 0 Å². The number of pyridine rings is 1. The molecule has 3 aromatic rings. The quantitative estimate of drug-likeness (QED) is 0.594. The molecule has 0 aliphatic rings. The Morgan fingerprint density at radius 3 is 2.59 bits per heavy atom. The summed E-state index contributed by atoms with van der Waals surface area (Å²) in [6.45, 7) is 1.92. The standard InChI is InChI=1S/C22H23NO6/c1-4-29-19(24)12-16(14-10-9-13(27-2)11-18(14)28-3)20-21(25)15-7-5-6-8-17(15)23-22(20)26/h5-11,16H,4,12H2,1-3H3,(H2,23,25,26)/t16-/m1/s1. The van der Waals surface area contributed by atoms with E-state index in [1.54, 1.807) is 49.4 Å². The highest BCUT2D eigenvalue weighted by Crippen LogP contribution is 2.40. The number of hydrogen-bond donors (Lipinski definition) is 2. The molecule has 0 unspecified atom stereocenters. The van der Waals surface area contributed by atoms with Crippen molar-refractivity contribution in [3.8, 4) is 17.2 Å². The van der Waals surface area contributed by atoms with Crippen LogP contribution in [0.3, 0.4) is 0 Å². The number of ether oxygens (including phenoxy) is 3. The normalized spacial score (nSPS) is 11.8. The SMILES string of the molecule is CCOC(=O)C[C@H](c1ccc(OC)cc1OC)c1c(O)c2ccccc2[nH]c1=O. The second-order valence-electron chi connectivity index (χ2n) is 6.43. The summed E-state index contributed by atoms with van der Waals surface area (Å²) in [4.78, 5) is 28.0. The van der Waals surface area contributed by atoms with Gasteiger partial charge in [0, 0.05) is 22.9 Å². The number of benzene rings is 2. The van der Waals surface area contributed by atoms with E-state index < -0.39 is 17.4 Å². The van der Waals surface area contributed by atoms with Gasteiger partial charge < -0.3 is 24.3 Å². The fourth-order valence-corrected chi connectivity index (χ4v) is 3.42. The number of rotatable bonds is 7. The molecule has 29 heavy (non-hydrogen) atoms. The number of hydrogen-bond acceptors (Lipinski definition) is 6. The molecule has 1 heterocycles. The van der Waals surface area contributed by atoms with E-state index in [9.17, 15) is 14.7 Å². The van der Waals surface area contributed by atoms with Crippen molar-refractivity contribution in [2.24, 2.45) is 0 Å². The maximum absolute atomic E-state index is 12.9. The molecule has 152 valence electrons. The summed E-state index contributed by atoms with van der Waals surface area (Å²) in [6, 6.07) is 12.0. The maximum Gasteiger partial charge on any atom is 0.306 e. The van der Waals surface area contributed by atoms with Crippen LogP contribution in [0.2, 0.25) is 0 Å². The van der Waals surface area contributed by atoms with Crippen LogP contribution in [0.25, 0.3) is 10.9 Å². The van der Waals surface area contributed by atoms with Crippen molar-refractivity contribution in [2.75, 3.05) is 20.8 Å². The van der Waals surface area contributed by atoms with Gasteiger partial charge in [-0.1, -0.05) is 18.2 Å². The van der Waals surface area contributed by atoms with E-state index in [1.165, 1.54) is 14.2 Å². The molecular formula is C22H23NO6. The van der Waals surface area contributed by atoms with Crippen molar-refractivity contribution in [1.29, 1.82) is 0 Å². The molecule has 2 aromatic carbocycles. The molecule has 0 saturated carbocycles. The Kier molecular flexibility index (Phi) is 6.07. The maximum atomic E-state index is 12.9. The van der Waals surface area contributed by atoms with Crippen LogP contribution in [0.1, 0.15) is 30.4 Å². The van der Waals surface area contributed by atoms with Crippen molar-refractivity contribution < 1.29 is 24.1 Å². The van der Waals surface area contributed by atoms with Crippen molar-refractivity contribution in [1.82, 2.24) is 4.98 Å². The highest BCUT2D eigenvalue weighted by molar-refractivity contribution is 5.86. The summed E-state index contributed by atoms with van der Waals surface area (Å²) < 4.78 is 15.8. The van der Waals surface area contributed by atoms with Crippen molar-refractivity contribution in [3.63, 3.8) is 0 Å². The number of H-pyrrole nitrogens is 1. The zero-order chi connectivity index (χ0) is 21.0. The monoisotopic (exact) mass is 397 g/mol. The summed E-state index contributed by atoms with van der Waals surface area (Å²) in [7, 11) is 3.02. The molecule has 0 bridgehead atoms. The van der Waals surface area contributed by atoms with Gasteiger partial charge in [-0.2, -0.15) is 0 Å². The molecule has 0 radical (unpaired) electrons. The van der Waals surface area contributed by atoms with Crippen LogP contribution in [0.4, 0.5) is 0 Å². The molecule has 1 atom stereocenters. The molecule has 0 aliphatic heterocycles. The van der Waals surface area contributed by atoms with Gasteiger partial charge in [0.05, 0.1) is 38.3 Å². The third-order valence-corrected chi connectivity index (χ3v) is 4.77. The number of para-hydroxylation sites is 1. The number of methoxy groups -OCH3 is 2. The van der Waals surface area contributed by atoms with Crippen LogP contribution < -0.4 is 15.0 Å². The first-order valence-electron chi connectivity index (χ1n) is 9.21. The van der Waals surface area contributed by atoms with Crippen LogP contribution in [-0.2, 0) is 9.53 Å². The predicted molar refractivity (Wildman–Crippen MR) is 109 cm³/mol. The molecule has 7 heteroatoms. The summed E-state index contributed by atoms with van der Waals surface area (Å²) in [5.74, 6) is -0.426. The highest BCUT2D eigenvalue weighted by Gasteiger charge is 2.29. The minimum absolute atomic E-state index is 0.0835. The molecule has 0 aliphatic carbocycles. The van der Waals surface area contributed by atoms with Gasteiger partial charge in [0.25, 0.3) is 5.56 Å². The van der Waals surface area contributed by atoms with E-state index in [0.717, 1.165) is 0 Å². The number of aromatic hydroxyl groups is 1. The van der Waals surface area contributed by atoms with E-state index in [-0.39, 0.29) is 24.3 Å². The number of fused-ring (bicyclic) bond motifs is 1. The Hall–Kier alpha value is -3.48. The highest BCUT2D eigenvalue weighted by atomic mass is 16.5. The topological polar surface area (TPSA) is 97.8 Å². The molecule has 0 saturated heterocycles. The number of aromatic amines is 1. The van der Waals surface area contributed by atoms with E-state index in [0.29, 0.717) is 28.0 Å². The number of carbonyl (C=O) groups is 1. The summed E-state index contributed by atoms with van der Waals surface area (Å²) in [5, 5.41) is 11.4.